The molecule has 0 aliphatic rings. The van der Waals surface area contributed by atoms with Crippen LogP contribution in [0.1, 0.15) is 343 Å². The first-order valence-electron chi connectivity index (χ1n) is 35.2. The zero-order valence-electron chi connectivity index (χ0n) is 55.4. The summed E-state index contributed by atoms with van der Waals surface area (Å²) in [6, 6.07) is 0. The van der Waals surface area contributed by atoms with Gasteiger partial charge < -0.3 is 33.8 Å². The number of ether oxygens (including phenoxy) is 4. The Bertz CT molecular complexity index is 1670. The third kappa shape index (κ3) is 59.7. The molecule has 17 nitrogen and oxygen atoms in total. The van der Waals surface area contributed by atoms with Crippen molar-refractivity contribution in [3.8, 4) is 0 Å². The highest BCUT2D eigenvalue weighted by molar-refractivity contribution is 7.47. The monoisotopic (exact) mass is 1270 g/mol. The normalized spacial score (nSPS) is 14.5. The summed E-state index contributed by atoms with van der Waals surface area (Å²) >= 11 is 0. The molecule has 0 fully saturated rings. The molecule has 0 aromatic carbocycles. The molecule has 0 aliphatic heterocycles. The lowest BCUT2D eigenvalue weighted by molar-refractivity contribution is -0.161. The van der Waals surface area contributed by atoms with Crippen LogP contribution in [0.15, 0.2) is 0 Å². The van der Waals surface area contributed by atoms with E-state index in [4.69, 9.17) is 37.0 Å². The molecule has 0 bridgehead atoms. The van der Waals surface area contributed by atoms with Gasteiger partial charge in [-0.1, -0.05) is 291 Å². The van der Waals surface area contributed by atoms with E-state index >= 15 is 0 Å². The van der Waals surface area contributed by atoms with E-state index in [0.717, 1.165) is 95.8 Å². The molecule has 3 unspecified atom stereocenters. The second-order valence-corrected chi connectivity index (χ2v) is 27.4. The van der Waals surface area contributed by atoms with Crippen molar-refractivity contribution in [2.24, 2.45) is 5.92 Å². The van der Waals surface area contributed by atoms with Gasteiger partial charge in [-0.15, -0.1) is 0 Å². The summed E-state index contributed by atoms with van der Waals surface area (Å²) < 4.78 is 68.1. The van der Waals surface area contributed by atoms with Crippen LogP contribution in [0.2, 0.25) is 0 Å². The molecule has 0 aromatic rings. The summed E-state index contributed by atoms with van der Waals surface area (Å²) in [6.45, 7) is 7.21. The number of rotatable bonds is 67. The largest absolute Gasteiger partial charge is 0.472 e. The van der Waals surface area contributed by atoms with Gasteiger partial charge in [0.15, 0.2) is 12.2 Å². The standard InChI is InChI=1S/C67H130O17P2/c1-6-10-13-16-19-22-25-26-27-28-31-38-43-48-53-67(72)84-63(57-78-65(70)51-46-41-36-33-32-34-39-44-49-60(5)9-4)59-82-86(75,76)80-55-61(68)54-79-85(73,74)81-58-62(83-66(71)52-47-42-37-30-24-21-18-15-12-8-3)56-77-64(69)50-45-40-35-29-23-20-17-14-11-7-2/h60-63,68H,6-59H2,1-5H3,(H,73,74)(H,75,76)/t60?,61-,62+,63+/m0/s1. The molecule has 86 heavy (non-hydrogen) atoms. The van der Waals surface area contributed by atoms with Crippen molar-refractivity contribution in [3.63, 3.8) is 0 Å². The number of hydrogen-bond acceptors (Lipinski definition) is 15. The van der Waals surface area contributed by atoms with Crippen LogP contribution in [-0.4, -0.2) is 96.7 Å². The number of aliphatic hydroxyl groups excluding tert-OH is 1. The first-order valence-corrected chi connectivity index (χ1v) is 38.2. The van der Waals surface area contributed by atoms with Crippen molar-refractivity contribution in [2.75, 3.05) is 39.6 Å². The van der Waals surface area contributed by atoms with Crippen LogP contribution >= 0.6 is 15.6 Å². The van der Waals surface area contributed by atoms with Crippen LogP contribution in [0.3, 0.4) is 0 Å². The van der Waals surface area contributed by atoms with Gasteiger partial charge in [0, 0.05) is 25.7 Å². The maximum Gasteiger partial charge on any atom is 0.472 e. The fourth-order valence-electron chi connectivity index (χ4n) is 10.1. The molecule has 0 rings (SSSR count). The predicted octanol–water partition coefficient (Wildman–Crippen LogP) is 19.0. The summed E-state index contributed by atoms with van der Waals surface area (Å²) in [5, 5.41) is 10.6. The van der Waals surface area contributed by atoms with Crippen LogP contribution in [0.5, 0.6) is 0 Å². The molecule has 0 aliphatic carbocycles. The Kier molecular flexibility index (Phi) is 59.2. The first kappa shape index (κ1) is 84.1. The minimum atomic E-state index is -4.95. The highest BCUT2D eigenvalue weighted by Gasteiger charge is 2.30. The fourth-order valence-corrected chi connectivity index (χ4v) is 11.7. The van der Waals surface area contributed by atoms with Crippen LogP contribution < -0.4 is 0 Å². The number of phosphoric ester groups is 2. The molecule has 0 aromatic heterocycles. The zero-order valence-corrected chi connectivity index (χ0v) is 57.2. The molecule has 0 amide bonds. The Labute approximate surface area is 524 Å². The summed E-state index contributed by atoms with van der Waals surface area (Å²) in [5.41, 5.74) is 0. The summed E-state index contributed by atoms with van der Waals surface area (Å²) in [7, 11) is -9.89. The molecule has 0 saturated carbocycles. The number of carbonyl (C=O) groups excluding carboxylic acids is 4. The van der Waals surface area contributed by atoms with Crippen molar-refractivity contribution >= 4 is 39.5 Å². The number of esters is 4. The summed E-state index contributed by atoms with van der Waals surface area (Å²) in [4.78, 5) is 72.4. The molecule has 0 spiro atoms. The van der Waals surface area contributed by atoms with Crippen molar-refractivity contribution < 1.29 is 80.2 Å². The van der Waals surface area contributed by atoms with Gasteiger partial charge in [0.2, 0.25) is 0 Å². The third-order valence-electron chi connectivity index (χ3n) is 15.9. The SMILES string of the molecule is CCCCCCCCCCCCCCCCC(=O)O[C@H](COC(=O)CCCCCCCCCCC(C)CC)COP(=O)(O)OC[C@@H](O)COP(=O)(O)OC[C@@H](COC(=O)CCCCCCCCCCCC)OC(=O)CCCCCCCCCCCC. The van der Waals surface area contributed by atoms with Crippen LogP contribution in [0.4, 0.5) is 0 Å². The molecular weight excluding hydrogens is 1140 g/mol. The predicted molar refractivity (Wildman–Crippen MR) is 345 cm³/mol. The Morgan fingerprint density at radius 2 is 0.558 bits per heavy atom. The molecule has 3 N–H and O–H groups in total. The summed E-state index contributed by atoms with van der Waals surface area (Å²) in [6.07, 6.45) is 45.6. The number of aliphatic hydroxyl groups is 1. The lowest BCUT2D eigenvalue weighted by Crippen LogP contribution is -2.30. The Morgan fingerprint density at radius 1 is 0.326 bits per heavy atom. The van der Waals surface area contributed by atoms with Gasteiger partial charge in [0.05, 0.1) is 26.4 Å². The van der Waals surface area contributed by atoms with E-state index in [1.807, 2.05) is 0 Å². The van der Waals surface area contributed by atoms with Crippen LogP contribution in [0.25, 0.3) is 0 Å². The van der Waals surface area contributed by atoms with Gasteiger partial charge >= 0.3 is 39.5 Å². The molecule has 510 valence electrons. The fraction of sp³-hybridized carbons (Fsp3) is 0.940. The lowest BCUT2D eigenvalue weighted by Gasteiger charge is -2.21. The molecule has 0 radical (unpaired) electrons. The van der Waals surface area contributed by atoms with Gasteiger partial charge in [0.25, 0.3) is 0 Å². The minimum Gasteiger partial charge on any atom is -0.462 e. The Balaban J connectivity index is 5.24. The van der Waals surface area contributed by atoms with E-state index < -0.39 is 97.5 Å². The Hall–Kier alpha value is -1.94. The van der Waals surface area contributed by atoms with E-state index in [2.05, 4.69) is 34.6 Å². The van der Waals surface area contributed by atoms with Gasteiger partial charge in [-0.05, 0) is 31.6 Å². The van der Waals surface area contributed by atoms with Crippen LogP contribution in [0, 0.1) is 5.92 Å². The highest BCUT2D eigenvalue weighted by Crippen LogP contribution is 2.45. The van der Waals surface area contributed by atoms with Gasteiger partial charge in [-0.2, -0.15) is 0 Å². The van der Waals surface area contributed by atoms with E-state index in [9.17, 15) is 43.2 Å². The van der Waals surface area contributed by atoms with E-state index in [1.54, 1.807) is 0 Å². The average Bonchev–Trinajstić information content (AvgIpc) is 3.56. The van der Waals surface area contributed by atoms with Crippen molar-refractivity contribution in [2.45, 2.75) is 361 Å². The number of unbranched alkanes of at least 4 members (excludes halogenated alkanes) is 38. The second kappa shape index (κ2) is 60.6. The average molecular weight is 1270 g/mol. The topological polar surface area (TPSA) is 237 Å². The van der Waals surface area contributed by atoms with Gasteiger partial charge in [0.1, 0.15) is 19.3 Å². The maximum absolute atomic E-state index is 13.0. The van der Waals surface area contributed by atoms with Crippen molar-refractivity contribution in [1.29, 1.82) is 0 Å². The van der Waals surface area contributed by atoms with Crippen molar-refractivity contribution in [1.82, 2.24) is 0 Å². The molecule has 0 saturated heterocycles. The lowest BCUT2D eigenvalue weighted by atomic mass is 9.99. The smallest absolute Gasteiger partial charge is 0.462 e. The Morgan fingerprint density at radius 3 is 0.826 bits per heavy atom. The molecular formula is C67H130O17P2. The van der Waals surface area contributed by atoms with Gasteiger partial charge in [-0.3, -0.25) is 37.3 Å². The van der Waals surface area contributed by atoms with Crippen molar-refractivity contribution in [3.05, 3.63) is 0 Å². The zero-order chi connectivity index (χ0) is 63.5. The van der Waals surface area contributed by atoms with Crippen LogP contribution in [-0.2, 0) is 65.4 Å². The van der Waals surface area contributed by atoms with E-state index in [1.165, 1.54) is 167 Å². The maximum atomic E-state index is 13.0. The third-order valence-corrected chi connectivity index (χ3v) is 17.8. The number of phosphoric acid groups is 2. The van der Waals surface area contributed by atoms with Gasteiger partial charge in [-0.25, -0.2) is 9.13 Å². The number of hydrogen-bond donors (Lipinski definition) is 3. The molecule has 0 heterocycles. The quantitative estimate of drug-likeness (QED) is 0.0222. The minimum absolute atomic E-state index is 0.107. The molecule has 19 heteroatoms. The highest BCUT2D eigenvalue weighted by atomic mass is 31.2. The number of carbonyl (C=O) groups is 4. The summed E-state index contributed by atoms with van der Waals surface area (Å²) in [5.74, 6) is -1.35. The second-order valence-electron chi connectivity index (χ2n) is 24.5. The van der Waals surface area contributed by atoms with E-state index in [0.29, 0.717) is 25.7 Å². The first-order chi connectivity index (χ1) is 41.6. The molecule has 6 atom stereocenters. The van der Waals surface area contributed by atoms with E-state index in [-0.39, 0.29) is 25.7 Å².